The summed E-state index contributed by atoms with van der Waals surface area (Å²) in [5.74, 6) is 0.497. The minimum absolute atomic E-state index is 0.0414. The average molecular weight is 294 g/mol. The molecule has 0 amide bonds. The number of rotatable bonds is 5. The maximum absolute atomic E-state index is 11.8. The van der Waals surface area contributed by atoms with E-state index >= 15 is 0 Å². The van der Waals surface area contributed by atoms with Crippen LogP contribution in [0, 0.1) is 0 Å². The van der Waals surface area contributed by atoms with Crippen molar-refractivity contribution in [3.63, 3.8) is 0 Å². The lowest BCUT2D eigenvalue weighted by molar-refractivity contribution is 0.553. The van der Waals surface area contributed by atoms with Gasteiger partial charge in [-0.05, 0) is 12.0 Å². The quantitative estimate of drug-likeness (QED) is 0.893. The van der Waals surface area contributed by atoms with Crippen LogP contribution in [0.3, 0.4) is 0 Å². The van der Waals surface area contributed by atoms with Crippen molar-refractivity contribution < 1.29 is 8.42 Å². The number of benzene rings is 1. The largest absolute Gasteiger partial charge is 0.321 e. The van der Waals surface area contributed by atoms with Gasteiger partial charge in [-0.15, -0.1) is 10.2 Å². The van der Waals surface area contributed by atoms with Gasteiger partial charge >= 0.3 is 0 Å². The molecule has 108 valence electrons. The Morgan fingerprint density at radius 1 is 1.25 bits per heavy atom. The highest BCUT2D eigenvalue weighted by Gasteiger charge is 2.23. The van der Waals surface area contributed by atoms with Gasteiger partial charge in [0.15, 0.2) is 5.82 Å². The number of hydrogen-bond acceptors (Lipinski definition) is 5. The number of sulfone groups is 1. The van der Waals surface area contributed by atoms with E-state index in [0.29, 0.717) is 18.8 Å². The van der Waals surface area contributed by atoms with Crippen molar-refractivity contribution in [3.05, 3.63) is 41.7 Å². The van der Waals surface area contributed by atoms with E-state index in [2.05, 4.69) is 10.2 Å². The Morgan fingerprint density at radius 3 is 2.45 bits per heavy atom. The molecular weight excluding hydrogens is 276 g/mol. The van der Waals surface area contributed by atoms with Crippen LogP contribution < -0.4 is 5.73 Å². The molecule has 1 aromatic carbocycles. The maximum atomic E-state index is 11.8. The molecule has 20 heavy (non-hydrogen) atoms. The molecule has 0 aliphatic carbocycles. The molecule has 2 aromatic rings. The highest BCUT2D eigenvalue weighted by Crippen LogP contribution is 2.18. The lowest BCUT2D eigenvalue weighted by Crippen LogP contribution is -2.19. The Labute approximate surface area is 118 Å². The van der Waals surface area contributed by atoms with Gasteiger partial charge in [0.25, 0.3) is 0 Å². The molecule has 2 N–H and O–H groups in total. The van der Waals surface area contributed by atoms with Crippen molar-refractivity contribution in [3.8, 4) is 0 Å². The SMILES string of the molecule is CCC(N)c1nnc(S(C)(=O)=O)n1Cc1ccccc1. The van der Waals surface area contributed by atoms with E-state index in [1.54, 1.807) is 4.57 Å². The minimum Gasteiger partial charge on any atom is -0.321 e. The molecule has 1 heterocycles. The zero-order valence-electron chi connectivity index (χ0n) is 11.5. The summed E-state index contributed by atoms with van der Waals surface area (Å²) in [6, 6.07) is 9.23. The molecule has 0 radical (unpaired) electrons. The van der Waals surface area contributed by atoms with Crippen LogP contribution >= 0.6 is 0 Å². The predicted molar refractivity (Wildman–Crippen MR) is 75.9 cm³/mol. The van der Waals surface area contributed by atoms with Crippen molar-refractivity contribution in [2.24, 2.45) is 5.73 Å². The van der Waals surface area contributed by atoms with E-state index in [1.807, 2.05) is 37.3 Å². The van der Waals surface area contributed by atoms with Gasteiger partial charge in [-0.1, -0.05) is 37.3 Å². The van der Waals surface area contributed by atoms with E-state index in [1.165, 1.54) is 0 Å². The van der Waals surface area contributed by atoms with Gasteiger partial charge in [-0.25, -0.2) is 8.42 Å². The molecule has 0 bridgehead atoms. The first-order chi connectivity index (χ1) is 9.43. The van der Waals surface area contributed by atoms with Gasteiger partial charge in [-0.3, -0.25) is 4.57 Å². The van der Waals surface area contributed by atoms with Crippen molar-refractivity contribution in [2.45, 2.75) is 31.1 Å². The zero-order chi connectivity index (χ0) is 14.8. The van der Waals surface area contributed by atoms with Crippen LogP contribution in [-0.2, 0) is 16.4 Å². The molecule has 1 atom stereocenters. The van der Waals surface area contributed by atoms with Crippen LogP contribution in [0.25, 0.3) is 0 Å². The third-order valence-electron chi connectivity index (χ3n) is 3.03. The molecule has 0 saturated carbocycles. The third kappa shape index (κ3) is 3.05. The molecule has 0 fully saturated rings. The number of hydrogen-bond donors (Lipinski definition) is 1. The first kappa shape index (κ1) is 14.7. The summed E-state index contributed by atoms with van der Waals surface area (Å²) in [5.41, 5.74) is 6.96. The summed E-state index contributed by atoms with van der Waals surface area (Å²) in [6.45, 7) is 2.31. The molecule has 6 nitrogen and oxygen atoms in total. The average Bonchev–Trinajstić information content (AvgIpc) is 2.82. The van der Waals surface area contributed by atoms with Gasteiger partial charge < -0.3 is 5.73 Å². The second-order valence-electron chi connectivity index (χ2n) is 4.70. The molecule has 1 aromatic heterocycles. The number of nitrogens with zero attached hydrogens (tertiary/aromatic N) is 3. The lowest BCUT2D eigenvalue weighted by Gasteiger charge is -2.13. The van der Waals surface area contributed by atoms with E-state index in [9.17, 15) is 8.42 Å². The van der Waals surface area contributed by atoms with Gasteiger partial charge in [-0.2, -0.15) is 0 Å². The van der Waals surface area contributed by atoms with Crippen molar-refractivity contribution >= 4 is 9.84 Å². The van der Waals surface area contributed by atoms with Crippen LogP contribution in [0.1, 0.15) is 30.8 Å². The number of aromatic nitrogens is 3. The van der Waals surface area contributed by atoms with Gasteiger partial charge in [0.1, 0.15) is 0 Å². The molecule has 0 aliphatic rings. The normalized spacial score (nSPS) is 13.3. The Hall–Kier alpha value is -1.73. The summed E-state index contributed by atoms with van der Waals surface area (Å²) in [5, 5.41) is 7.71. The van der Waals surface area contributed by atoms with Gasteiger partial charge in [0.2, 0.25) is 15.0 Å². The van der Waals surface area contributed by atoms with Crippen LogP contribution in [-0.4, -0.2) is 29.4 Å². The minimum atomic E-state index is -3.44. The van der Waals surface area contributed by atoms with Crippen molar-refractivity contribution in [1.29, 1.82) is 0 Å². The first-order valence-corrected chi connectivity index (χ1v) is 8.25. The second kappa shape index (κ2) is 5.72. The van der Waals surface area contributed by atoms with Crippen molar-refractivity contribution in [1.82, 2.24) is 14.8 Å². The standard InChI is InChI=1S/C13H18N4O2S/c1-3-11(14)12-15-16-13(20(2,18)19)17(12)9-10-7-5-4-6-8-10/h4-8,11H,3,9,14H2,1-2H3. The second-order valence-corrected chi connectivity index (χ2v) is 6.61. The fourth-order valence-electron chi connectivity index (χ4n) is 1.95. The molecule has 2 rings (SSSR count). The highest BCUT2D eigenvalue weighted by atomic mass is 32.2. The van der Waals surface area contributed by atoms with Crippen LogP contribution in [0.15, 0.2) is 35.5 Å². The highest BCUT2D eigenvalue weighted by molar-refractivity contribution is 7.90. The molecule has 1 unspecified atom stereocenters. The molecule has 0 aliphatic heterocycles. The maximum Gasteiger partial charge on any atom is 0.249 e. The molecule has 0 spiro atoms. The number of nitrogens with two attached hydrogens (primary N) is 1. The van der Waals surface area contributed by atoms with E-state index in [-0.39, 0.29) is 11.2 Å². The zero-order valence-corrected chi connectivity index (χ0v) is 12.3. The van der Waals surface area contributed by atoms with E-state index in [0.717, 1.165) is 11.8 Å². The fourth-order valence-corrected chi connectivity index (χ4v) is 2.69. The van der Waals surface area contributed by atoms with Crippen LogP contribution in [0.4, 0.5) is 0 Å². The fraction of sp³-hybridized carbons (Fsp3) is 0.385. The molecule has 7 heteroatoms. The Bertz CT molecular complexity index is 680. The summed E-state index contributed by atoms with van der Waals surface area (Å²) in [7, 11) is -3.44. The summed E-state index contributed by atoms with van der Waals surface area (Å²) >= 11 is 0. The van der Waals surface area contributed by atoms with Crippen LogP contribution in [0.5, 0.6) is 0 Å². The monoisotopic (exact) mass is 294 g/mol. The molecular formula is C13H18N4O2S. The van der Waals surface area contributed by atoms with Gasteiger partial charge in [0.05, 0.1) is 12.6 Å². The smallest absolute Gasteiger partial charge is 0.249 e. The Balaban J connectivity index is 2.50. The van der Waals surface area contributed by atoms with Crippen LogP contribution in [0.2, 0.25) is 0 Å². The van der Waals surface area contributed by atoms with Crippen molar-refractivity contribution in [2.75, 3.05) is 6.26 Å². The van der Waals surface area contributed by atoms with Gasteiger partial charge in [0, 0.05) is 6.26 Å². The summed E-state index contributed by atoms with van der Waals surface area (Å²) in [6.07, 6.45) is 1.79. The topological polar surface area (TPSA) is 90.9 Å². The Kier molecular flexibility index (Phi) is 4.20. The molecule has 0 saturated heterocycles. The van der Waals surface area contributed by atoms with E-state index < -0.39 is 9.84 Å². The summed E-state index contributed by atoms with van der Waals surface area (Å²) < 4.78 is 25.2. The lowest BCUT2D eigenvalue weighted by atomic mass is 10.2. The summed E-state index contributed by atoms with van der Waals surface area (Å²) in [4.78, 5) is 0. The first-order valence-electron chi connectivity index (χ1n) is 6.36. The third-order valence-corrected chi connectivity index (χ3v) is 4.00. The van der Waals surface area contributed by atoms with E-state index in [4.69, 9.17) is 5.73 Å². The predicted octanol–water partition coefficient (Wildman–Crippen LogP) is 1.14. The Morgan fingerprint density at radius 2 is 1.90 bits per heavy atom.